The SMILES string of the molecule is Cc1ccc(/C=N\NC(=O)Cc2ccc(Cl)cc2)s1. The summed E-state index contributed by atoms with van der Waals surface area (Å²) < 4.78 is 0. The van der Waals surface area contributed by atoms with E-state index in [-0.39, 0.29) is 12.3 Å². The summed E-state index contributed by atoms with van der Waals surface area (Å²) in [4.78, 5) is 13.9. The summed E-state index contributed by atoms with van der Waals surface area (Å²) in [5.41, 5.74) is 3.41. The van der Waals surface area contributed by atoms with Gasteiger partial charge in [-0.05, 0) is 36.8 Å². The van der Waals surface area contributed by atoms with E-state index >= 15 is 0 Å². The highest BCUT2D eigenvalue weighted by atomic mass is 35.5. The molecule has 0 aliphatic rings. The van der Waals surface area contributed by atoms with Crippen molar-refractivity contribution < 1.29 is 4.79 Å². The molecule has 2 rings (SSSR count). The molecule has 0 spiro atoms. The summed E-state index contributed by atoms with van der Waals surface area (Å²) >= 11 is 7.41. The minimum atomic E-state index is -0.146. The molecule has 2 aromatic rings. The molecule has 98 valence electrons. The molecule has 0 unspecified atom stereocenters. The third-order valence-corrected chi connectivity index (χ3v) is 3.61. The predicted molar refractivity (Wildman–Crippen MR) is 79.9 cm³/mol. The zero-order valence-electron chi connectivity index (χ0n) is 10.4. The van der Waals surface area contributed by atoms with Crippen molar-refractivity contribution in [2.75, 3.05) is 0 Å². The van der Waals surface area contributed by atoms with Gasteiger partial charge in [-0.2, -0.15) is 5.10 Å². The van der Waals surface area contributed by atoms with Crippen molar-refractivity contribution in [3.63, 3.8) is 0 Å². The fourth-order valence-corrected chi connectivity index (χ4v) is 2.39. The van der Waals surface area contributed by atoms with Crippen LogP contribution >= 0.6 is 22.9 Å². The molecule has 0 saturated carbocycles. The molecular weight excluding hydrogens is 280 g/mol. The number of carbonyl (C=O) groups excluding carboxylic acids is 1. The first-order valence-electron chi connectivity index (χ1n) is 5.76. The van der Waals surface area contributed by atoms with Gasteiger partial charge in [-0.15, -0.1) is 11.3 Å². The molecule has 0 atom stereocenters. The fraction of sp³-hybridized carbons (Fsp3) is 0.143. The average Bonchev–Trinajstić information content (AvgIpc) is 2.78. The van der Waals surface area contributed by atoms with Crippen LogP contribution in [0.5, 0.6) is 0 Å². The van der Waals surface area contributed by atoms with Gasteiger partial charge in [0, 0.05) is 14.8 Å². The molecular formula is C14H13ClN2OS. The van der Waals surface area contributed by atoms with Gasteiger partial charge < -0.3 is 0 Å². The van der Waals surface area contributed by atoms with E-state index in [2.05, 4.69) is 10.5 Å². The predicted octanol–water partition coefficient (Wildman–Crippen LogP) is 3.40. The number of halogens is 1. The molecule has 1 heterocycles. The van der Waals surface area contributed by atoms with Crippen LogP contribution in [0.4, 0.5) is 0 Å². The number of hydrogen-bond acceptors (Lipinski definition) is 3. The molecule has 0 fully saturated rings. The lowest BCUT2D eigenvalue weighted by Crippen LogP contribution is -2.19. The monoisotopic (exact) mass is 292 g/mol. The third kappa shape index (κ3) is 4.50. The minimum Gasteiger partial charge on any atom is -0.273 e. The summed E-state index contributed by atoms with van der Waals surface area (Å²) in [5, 5.41) is 4.59. The molecule has 1 aromatic carbocycles. The van der Waals surface area contributed by atoms with E-state index in [1.54, 1.807) is 29.7 Å². The lowest BCUT2D eigenvalue weighted by Gasteiger charge is -2.00. The van der Waals surface area contributed by atoms with Gasteiger partial charge in [0.25, 0.3) is 0 Å². The molecule has 0 bridgehead atoms. The fourth-order valence-electron chi connectivity index (χ4n) is 1.52. The van der Waals surface area contributed by atoms with Crippen molar-refractivity contribution in [3.05, 3.63) is 56.7 Å². The van der Waals surface area contributed by atoms with Gasteiger partial charge in [-0.25, -0.2) is 5.43 Å². The van der Waals surface area contributed by atoms with Gasteiger partial charge in [0.05, 0.1) is 12.6 Å². The first kappa shape index (κ1) is 13.8. The number of benzene rings is 1. The smallest absolute Gasteiger partial charge is 0.244 e. The van der Waals surface area contributed by atoms with E-state index in [9.17, 15) is 4.79 Å². The highest BCUT2D eigenvalue weighted by Gasteiger charge is 2.01. The minimum absolute atomic E-state index is 0.146. The van der Waals surface area contributed by atoms with Gasteiger partial charge in [0.1, 0.15) is 0 Å². The van der Waals surface area contributed by atoms with Crippen LogP contribution in [0.2, 0.25) is 5.02 Å². The molecule has 3 nitrogen and oxygen atoms in total. The Bertz CT molecular complexity index is 590. The second-order valence-corrected chi connectivity index (χ2v) is 5.80. The van der Waals surface area contributed by atoms with Crippen molar-refractivity contribution >= 4 is 35.1 Å². The van der Waals surface area contributed by atoms with Crippen LogP contribution in [0.3, 0.4) is 0 Å². The van der Waals surface area contributed by atoms with Crippen LogP contribution in [0.1, 0.15) is 15.3 Å². The van der Waals surface area contributed by atoms with E-state index in [1.807, 2.05) is 31.2 Å². The van der Waals surface area contributed by atoms with Crippen molar-refractivity contribution in [2.24, 2.45) is 5.10 Å². The lowest BCUT2D eigenvalue weighted by atomic mass is 10.1. The molecule has 0 aliphatic carbocycles. The number of nitrogens with zero attached hydrogens (tertiary/aromatic N) is 1. The molecule has 1 aromatic heterocycles. The van der Waals surface area contributed by atoms with Crippen LogP contribution in [0, 0.1) is 6.92 Å². The van der Waals surface area contributed by atoms with Crippen LogP contribution < -0.4 is 5.43 Å². The maximum Gasteiger partial charge on any atom is 0.244 e. The van der Waals surface area contributed by atoms with E-state index in [1.165, 1.54) is 4.88 Å². The Morgan fingerprint density at radius 3 is 2.68 bits per heavy atom. The number of thiophene rings is 1. The number of hydrogen-bond donors (Lipinski definition) is 1. The summed E-state index contributed by atoms with van der Waals surface area (Å²) in [6.07, 6.45) is 1.94. The zero-order valence-corrected chi connectivity index (χ0v) is 12.0. The number of nitrogens with one attached hydrogen (secondary N) is 1. The molecule has 1 N–H and O–H groups in total. The Hall–Kier alpha value is -1.65. The molecule has 1 amide bonds. The summed E-state index contributed by atoms with van der Waals surface area (Å²) in [5.74, 6) is -0.146. The van der Waals surface area contributed by atoms with Gasteiger partial charge in [0.15, 0.2) is 0 Å². The Morgan fingerprint density at radius 1 is 1.32 bits per heavy atom. The second-order valence-electron chi connectivity index (χ2n) is 4.04. The highest BCUT2D eigenvalue weighted by molar-refractivity contribution is 7.13. The number of hydrazone groups is 1. The summed E-state index contributed by atoms with van der Waals surface area (Å²) in [6, 6.07) is 11.2. The maximum absolute atomic E-state index is 11.6. The van der Waals surface area contributed by atoms with Gasteiger partial charge in [-0.1, -0.05) is 23.7 Å². The largest absolute Gasteiger partial charge is 0.273 e. The van der Waals surface area contributed by atoms with Gasteiger partial charge in [0.2, 0.25) is 5.91 Å². The molecule has 0 saturated heterocycles. The van der Waals surface area contributed by atoms with Gasteiger partial charge in [-0.3, -0.25) is 4.79 Å². The van der Waals surface area contributed by atoms with Crippen LogP contribution in [0.25, 0.3) is 0 Å². The first-order valence-corrected chi connectivity index (χ1v) is 6.96. The second kappa shape index (κ2) is 6.50. The Morgan fingerprint density at radius 2 is 2.05 bits per heavy atom. The highest BCUT2D eigenvalue weighted by Crippen LogP contribution is 2.12. The summed E-state index contributed by atoms with van der Waals surface area (Å²) in [6.45, 7) is 2.03. The van der Waals surface area contributed by atoms with Crippen molar-refractivity contribution in [2.45, 2.75) is 13.3 Å². The standard InChI is InChI=1S/C14H13ClN2OS/c1-10-2-7-13(19-10)9-16-17-14(18)8-11-3-5-12(15)6-4-11/h2-7,9H,8H2,1H3,(H,17,18)/b16-9-. The Balaban J connectivity index is 1.84. The van der Waals surface area contributed by atoms with Crippen molar-refractivity contribution in [1.82, 2.24) is 5.43 Å². The Kier molecular flexibility index (Phi) is 4.71. The van der Waals surface area contributed by atoms with E-state index in [4.69, 9.17) is 11.6 Å². The summed E-state index contributed by atoms with van der Waals surface area (Å²) in [7, 11) is 0. The third-order valence-electron chi connectivity index (χ3n) is 2.42. The molecule has 5 heteroatoms. The zero-order chi connectivity index (χ0) is 13.7. The average molecular weight is 293 g/mol. The molecule has 0 aliphatic heterocycles. The van der Waals surface area contributed by atoms with Crippen LogP contribution in [-0.2, 0) is 11.2 Å². The van der Waals surface area contributed by atoms with Gasteiger partial charge >= 0.3 is 0 Å². The van der Waals surface area contributed by atoms with Crippen molar-refractivity contribution in [3.8, 4) is 0 Å². The molecule has 19 heavy (non-hydrogen) atoms. The quantitative estimate of drug-likeness (QED) is 0.681. The maximum atomic E-state index is 11.6. The molecule has 0 radical (unpaired) electrons. The Labute approximate surface area is 120 Å². The van der Waals surface area contributed by atoms with E-state index < -0.39 is 0 Å². The van der Waals surface area contributed by atoms with Crippen molar-refractivity contribution in [1.29, 1.82) is 0 Å². The van der Waals surface area contributed by atoms with E-state index in [0.29, 0.717) is 5.02 Å². The lowest BCUT2D eigenvalue weighted by molar-refractivity contribution is -0.120. The van der Waals surface area contributed by atoms with Crippen LogP contribution in [0.15, 0.2) is 41.5 Å². The van der Waals surface area contributed by atoms with Crippen LogP contribution in [-0.4, -0.2) is 12.1 Å². The number of rotatable bonds is 4. The number of aryl methyl sites for hydroxylation is 1. The number of carbonyl (C=O) groups is 1. The van der Waals surface area contributed by atoms with E-state index in [0.717, 1.165) is 10.4 Å². The normalized spacial score (nSPS) is 10.8. The number of amides is 1. The topological polar surface area (TPSA) is 41.5 Å². The first-order chi connectivity index (χ1) is 9.13.